The van der Waals surface area contributed by atoms with Crippen molar-refractivity contribution in [3.05, 3.63) is 33.8 Å². The molecule has 4 fully saturated rings. The molecule has 0 saturated heterocycles. The van der Waals surface area contributed by atoms with E-state index < -0.39 is 15.6 Å². The van der Waals surface area contributed by atoms with Gasteiger partial charge in [0.1, 0.15) is 0 Å². The Hall–Kier alpha value is -0.620. The van der Waals surface area contributed by atoms with Gasteiger partial charge >= 0.3 is 0 Å². The molecular weight excluding hydrogens is 429 g/mol. The van der Waals surface area contributed by atoms with Crippen LogP contribution in [-0.4, -0.2) is 19.7 Å². The Morgan fingerprint density at radius 2 is 1.62 bits per heavy atom. The summed E-state index contributed by atoms with van der Waals surface area (Å²) in [6.07, 6.45) is 6.90. The topological polar surface area (TPSA) is 63.2 Å². The quantitative estimate of drug-likeness (QED) is 0.609. The summed E-state index contributed by atoms with van der Waals surface area (Å²) >= 11 is 11.9. The van der Waals surface area contributed by atoms with E-state index in [2.05, 4.69) is 4.72 Å². The zero-order chi connectivity index (χ0) is 21.0. The molecule has 0 atom stereocenters. The molecule has 4 aliphatic carbocycles. The Kier molecular flexibility index (Phi) is 5.82. The first kappa shape index (κ1) is 21.6. The largest absolute Gasteiger partial charge is 0.298 e. The number of rotatable bonds is 7. The molecule has 0 spiro atoms. The molecule has 29 heavy (non-hydrogen) atoms. The summed E-state index contributed by atoms with van der Waals surface area (Å²) < 4.78 is 28.1. The van der Waals surface area contributed by atoms with Gasteiger partial charge in [-0.3, -0.25) is 4.79 Å². The van der Waals surface area contributed by atoms with Gasteiger partial charge in [0.2, 0.25) is 10.0 Å². The zero-order valence-corrected chi connectivity index (χ0v) is 19.3. The van der Waals surface area contributed by atoms with Gasteiger partial charge in [0.15, 0.2) is 5.78 Å². The van der Waals surface area contributed by atoms with Gasteiger partial charge in [-0.1, -0.05) is 29.3 Å². The number of ketones is 1. The van der Waals surface area contributed by atoms with E-state index >= 15 is 0 Å². The van der Waals surface area contributed by atoms with E-state index in [-0.39, 0.29) is 11.5 Å². The number of hydrogen-bond acceptors (Lipinski definition) is 3. The Labute approximate surface area is 183 Å². The summed E-state index contributed by atoms with van der Waals surface area (Å²) in [7, 11) is -3.70. The molecule has 7 heteroatoms. The van der Waals surface area contributed by atoms with E-state index in [0.717, 1.165) is 11.8 Å². The highest BCUT2D eigenvalue weighted by Crippen LogP contribution is 2.57. The van der Waals surface area contributed by atoms with Gasteiger partial charge in [0.05, 0.1) is 21.3 Å². The van der Waals surface area contributed by atoms with Crippen molar-refractivity contribution in [3.8, 4) is 0 Å². The van der Waals surface area contributed by atoms with E-state index in [9.17, 15) is 13.2 Å². The van der Waals surface area contributed by atoms with Crippen LogP contribution in [0.1, 0.15) is 57.9 Å². The fourth-order valence-corrected chi connectivity index (χ4v) is 8.07. The molecular formula is C22H29Cl2NO3S. The van der Waals surface area contributed by atoms with Crippen LogP contribution in [-0.2, 0) is 20.6 Å². The van der Waals surface area contributed by atoms with Gasteiger partial charge in [-0.15, -0.1) is 0 Å². The second-order valence-electron chi connectivity index (χ2n) is 9.96. The molecule has 0 unspecified atom stereocenters. The highest BCUT2D eigenvalue weighted by atomic mass is 35.5. The number of carbonyl (C=O) groups excluding carboxylic acids is 1. The van der Waals surface area contributed by atoms with Gasteiger partial charge in [-0.25, -0.2) is 13.1 Å². The standard InChI is InChI=1S/C22H29Cl2NO3S/c1-22(2,25-29(27,28)12-13-3-4-19(23)20(24)10-13)21(26)11-18-16-6-14-5-15(8-16)9-17(18)7-14/h3-4,10,14-18,25H,5-9,11-12H2,1-2H3. The fraction of sp³-hybridized carbons (Fsp3) is 0.682. The first-order valence-corrected chi connectivity index (χ1v) is 12.9. The monoisotopic (exact) mass is 457 g/mol. The Balaban J connectivity index is 1.40. The number of carbonyl (C=O) groups is 1. The third-order valence-corrected chi connectivity index (χ3v) is 9.57. The number of nitrogens with one attached hydrogen (secondary N) is 1. The summed E-state index contributed by atoms with van der Waals surface area (Å²) in [5.74, 6) is 3.21. The maximum Gasteiger partial charge on any atom is 0.216 e. The molecule has 0 radical (unpaired) electrons. The van der Waals surface area contributed by atoms with Crippen molar-refractivity contribution >= 4 is 39.0 Å². The summed E-state index contributed by atoms with van der Waals surface area (Å²) in [6, 6.07) is 4.76. The third kappa shape index (κ3) is 4.68. The molecule has 1 aromatic rings. The predicted molar refractivity (Wildman–Crippen MR) is 116 cm³/mol. The van der Waals surface area contributed by atoms with Gasteiger partial charge in [0, 0.05) is 6.42 Å². The average molecular weight is 458 g/mol. The second-order valence-corrected chi connectivity index (χ2v) is 12.5. The molecule has 4 aliphatic rings. The lowest BCUT2D eigenvalue weighted by atomic mass is 9.51. The molecule has 4 nitrogen and oxygen atoms in total. The molecule has 0 heterocycles. The van der Waals surface area contributed by atoms with Crippen LogP contribution in [0.3, 0.4) is 0 Å². The lowest BCUT2D eigenvalue weighted by molar-refractivity contribution is -0.128. The normalized spacial score (nSPS) is 31.2. The second kappa shape index (κ2) is 7.81. The number of benzene rings is 1. The number of halogens is 2. The van der Waals surface area contributed by atoms with Crippen molar-refractivity contribution < 1.29 is 13.2 Å². The maximum absolute atomic E-state index is 13.1. The van der Waals surface area contributed by atoms with E-state index in [1.165, 1.54) is 32.1 Å². The summed E-state index contributed by atoms with van der Waals surface area (Å²) in [5.41, 5.74) is -0.583. The molecule has 4 bridgehead atoms. The zero-order valence-electron chi connectivity index (χ0n) is 17.0. The Morgan fingerprint density at radius 1 is 1.03 bits per heavy atom. The minimum atomic E-state index is -3.70. The van der Waals surface area contributed by atoms with Gasteiger partial charge < -0.3 is 0 Å². The van der Waals surface area contributed by atoms with Gasteiger partial charge in [-0.2, -0.15) is 0 Å². The van der Waals surface area contributed by atoms with Crippen molar-refractivity contribution in [1.29, 1.82) is 0 Å². The van der Waals surface area contributed by atoms with Crippen LogP contribution in [0, 0.1) is 29.6 Å². The lowest BCUT2D eigenvalue weighted by Crippen LogP contribution is -2.52. The first-order valence-electron chi connectivity index (χ1n) is 10.5. The van der Waals surface area contributed by atoms with Crippen molar-refractivity contribution in [2.75, 3.05) is 0 Å². The highest BCUT2D eigenvalue weighted by molar-refractivity contribution is 7.88. The van der Waals surface area contributed by atoms with Crippen LogP contribution < -0.4 is 4.72 Å². The number of Topliss-reactive ketones (excluding diaryl/α,β-unsaturated/α-hetero) is 1. The first-order chi connectivity index (χ1) is 13.5. The maximum atomic E-state index is 13.1. The van der Waals surface area contributed by atoms with Gasteiger partial charge in [0.25, 0.3) is 0 Å². The van der Waals surface area contributed by atoms with E-state index in [1.807, 2.05) is 0 Å². The molecule has 0 aliphatic heterocycles. The molecule has 0 aromatic heterocycles. The minimum absolute atomic E-state index is 0.00677. The third-order valence-electron chi connectivity index (χ3n) is 7.29. The van der Waals surface area contributed by atoms with Crippen LogP contribution in [0.5, 0.6) is 0 Å². The predicted octanol–water partition coefficient (Wildman–Crippen LogP) is 5.22. The molecule has 0 amide bonds. The van der Waals surface area contributed by atoms with Crippen LogP contribution in [0.4, 0.5) is 0 Å². The summed E-state index contributed by atoms with van der Waals surface area (Å²) in [4.78, 5) is 13.1. The van der Waals surface area contributed by atoms with E-state index in [0.29, 0.717) is 39.8 Å². The van der Waals surface area contributed by atoms with Crippen LogP contribution in [0.15, 0.2) is 18.2 Å². The number of hydrogen-bond donors (Lipinski definition) is 1. The molecule has 4 saturated carbocycles. The van der Waals surface area contributed by atoms with Crippen molar-refractivity contribution in [2.45, 2.75) is 63.7 Å². The van der Waals surface area contributed by atoms with Crippen LogP contribution in [0.2, 0.25) is 10.0 Å². The highest BCUT2D eigenvalue weighted by Gasteiger charge is 2.49. The SMILES string of the molecule is CC(C)(NS(=O)(=O)Cc1ccc(Cl)c(Cl)c1)C(=O)CC1C2CC3CC(C2)CC1C3. The fourth-order valence-electron chi connectivity index (χ4n) is 6.17. The number of sulfonamides is 1. The Morgan fingerprint density at radius 3 is 2.17 bits per heavy atom. The lowest BCUT2D eigenvalue weighted by Gasteiger charge is -2.54. The average Bonchev–Trinajstić information content (AvgIpc) is 2.59. The van der Waals surface area contributed by atoms with Crippen molar-refractivity contribution in [1.82, 2.24) is 4.72 Å². The molecule has 5 rings (SSSR count). The molecule has 1 N–H and O–H groups in total. The van der Waals surface area contributed by atoms with Crippen molar-refractivity contribution in [2.24, 2.45) is 29.6 Å². The van der Waals surface area contributed by atoms with E-state index in [4.69, 9.17) is 23.2 Å². The smallest absolute Gasteiger partial charge is 0.216 e. The molecule has 1 aromatic carbocycles. The minimum Gasteiger partial charge on any atom is -0.298 e. The van der Waals surface area contributed by atoms with Crippen LogP contribution in [0.25, 0.3) is 0 Å². The Bertz CT molecular complexity index is 885. The van der Waals surface area contributed by atoms with E-state index in [1.54, 1.807) is 32.0 Å². The summed E-state index contributed by atoms with van der Waals surface area (Å²) in [5, 5.41) is 0.698. The van der Waals surface area contributed by atoms with Gasteiger partial charge in [-0.05, 0) is 93.2 Å². The summed E-state index contributed by atoms with van der Waals surface area (Å²) in [6.45, 7) is 3.36. The van der Waals surface area contributed by atoms with Crippen molar-refractivity contribution in [3.63, 3.8) is 0 Å². The van der Waals surface area contributed by atoms with Crippen LogP contribution >= 0.6 is 23.2 Å². The molecule has 160 valence electrons.